The van der Waals surface area contributed by atoms with Crippen molar-refractivity contribution >= 4 is 17.2 Å². The highest BCUT2D eigenvalue weighted by atomic mass is 32.1. The highest BCUT2D eigenvalue weighted by Gasteiger charge is 2.36. The standard InChI is InChI=1S/C14H20N2OS/c17-14(13-5-1-2-8-15-13)16(11-6-7-11)10-12-4-3-9-18-12/h3-4,9,11,13,15H,1-2,5-8,10H2. The fourth-order valence-corrected chi connectivity index (χ4v) is 3.31. The highest BCUT2D eigenvalue weighted by molar-refractivity contribution is 7.09. The Hall–Kier alpha value is -0.870. The van der Waals surface area contributed by atoms with Crippen LogP contribution in [-0.2, 0) is 11.3 Å². The lowest BCUT2D eigenvalue weighted by Gasteiger charge is -2.30. The van der Waals surface area contributed by atoms with Gasteiger partial charge in [0.15, 0.2) is 0 Å². The molecule has 1 N–H and O–H groups in total. The molecule has 1 saturated heterocycles. The van der Waals surface area contributed by atoms with Gasteiger partial charge in [-0.15, -0.1) is 11.3 Å². The van der Waals surface area contributed by atoms with E-state index >= 15 is 0 Å². The molecule has 1 atom stereocenters. The van der Waals surface area contributed by atoms with E-state index in [1.54, 1.807) is 11.3 Å². The summed E-state index contributed by atoms with van der Waals surface area (Å²) in [5.41, 5.74) is 0. The van der Waals surface area contributed by atoms with Gasteiger partial charge < -0.3 is 10.2 Å². The van der Waals surface area contributed by atoms with Gasteiger partial charge in [0.25, 0.3) is 0 Å². The first-order chi connectivity index (χ1) is 8.84. The number of thiophene rings is 1. The first kappa shape index (κ1) is 12.2. The van der Waals surface area contributed by atoms with E-state index in [-0.39, 0.29) is 6.04 Å². The molecule has 2 fully saturated rings. The molecule has 0 aromatic carbocycles. The second-order valence-corrected chi connectivity index (χ2v) is 6.31. The van der Waals surface area contributed by atoms with Gasteiger partial charge in [0.05, 0.1) is 12.6 Å². The van der Waals surface area contributed by atoms with E-state index in [4.69, 9.17) is 0 Å². The summed E-state index contributed by atoms with van der Waals surface area (Å²) >= 11 is 1.75. The van der Waals surface area contributed by atoms with Crippen molar-refractivity contribution in [3.05, 3.63) is 22.4 Å². The van der Waals surface area contributed by atoms with Crippen molar-refractivity contribution in [3.8, 4) is 0 Å². The van der Waals surface area contributed by atoms with Crippen LogP contribution in [0.25, 0.3) is 0 Å². The molecule has 3 nitrogen and oxygen atoms in total. The molecule has 1 saturated carbocycles. The predicted octanol–water partition coefficient (Wildman–Crippen LogP) is 2.38. The number of nitrogens with zero attached hydrogens (tertiary/aromatic N) is 1. The summed E-state index contributed by atoms with van der Waals surface area (Å²) in [5, 5.41) is 5.46. The predicted molar refractivity (Wildman–Crippen MR) is 73.5 cm³/mol. The Morgan fingerprint density at radius 2 is 2.28 bits per heavy atom. The molecule has 18 heavy (non-hydrogen) atoms. The molecular formula is C14H20N2OS. The summed E-state index contributed by atoms with van der Waals surface area (Å²) in [6, 6.07) is 4.76. The monoisotopic (exact) mass is 264 g/mol. The SMILES string of the molecule is O=C(C1CCCCN1)N(Cc1cccs1)C1CC1. The van der Waals surface area contributed by atoms with E-state index in [1.807, 2.05) is 0 Å². The van der Waals surface area contributed by atoms with Crippen molar-refractivity contribution in [1.82, 2.24) is 10.2 Å². The zero-order valence-electron chi connectivity index (χ0n) is 10.6. The molecule has 1 aliphatic carbocycles. The third-order valence-electron chi connectivity index (χ3n) is 3.79. The molecule has 1 aliphatic heterocycles. The number of piperidine rings is 1. The Bertz CT molecular complexity index is 394. The molecule has 0 radical (unpaired) electrons. The number of hydrogen-bond acceptors (Lipinski definition) is 3. The van der Waals surface area contributed by atoms with Crippen molar-refractivity contribution in [1.29, 1.82) is 0 Å². The smallest absolute Gasteiger partial charge is 0.240 e. The number of hydrogen-bond donors (Lipinski definition) is 1. The van der Waals surface area contributed by atoms with Crippen LogP contribution in [0.1, 0.15) is 37.0 Å². The van der Waals surface area contributed by atoms with Gasteiger partial charge in [0.1, 0.15) is 0 Å². The summed E-state index contributed by atoms with van der Waals surface area (Å²) < 4.78 is 0. The number of nitrogens with one attached hydrogen (secondary N) is 1. The maximum Gasteiger partial charge on any atom is 0.240 e. The molecule has 1 unspecified atom stereocenters. The molecule has 1 aromatic rings. The van der Waals surface area contributed by atoms with E-state index in [0.29, 0.717) is 11.9 Å². The van der Waals surface area contributed by atoms with E-state index in [9.17, 15) is 4.79 Å². The fraction of sp³-hybridized carbons (Fsp3) is 0.643. The van der Waals surface area contributed by atoms with Gasteiger partial charge >= 0.3 is 0 Å². The fourth-order valence-electron chi connectivity index (χ4n) is 2.61. The highest BCUT2D eigenvalue weighted by Crippen LogP contribution is 2.30. The minimum Gasteiger partial charge on any atom is -0.333 e. The van der Waals surface area contributed by atoms with Crippen LogP contribution in [-0.4, -0.2) is 29.4 Å². The molecule has 3 rings (SSSR count). The average Bonchev–Trinajstić information content (AvgIpc) is 3.13. The molecule has 0 bridgehead atoms. The minimum atomic E-state index is 0.0688. The lowest BCUT2D eigenvalue weighted by molar-refractivity contribution is -0.135. The molecule has 2 aliphatic rings. The first-order valence-corrected chi connectivity index (χ1v) is 7.79. The molecule has 4 heteroatoms. The molecule has 1 amide bonds. The number of rotatable bonds is 4. The first-order valence-electron chi connectivity index (χ1n) is 6.91. The van der Waals surface area contributed by atoms with Crippen molar-refractivity contribution in [2.24, 2.45) is 0 Å². The maximum absolute atomic E-state index is 12.6. The summed E-state index contributed by atoms with van der Waals surface area (Å²) in [4.78, 5) is 16.0. The van der Waals surface area contributed by atoms with Crippen LogP contribution in [0.5, 0.6) is 0 Å². The number of carbonyl (C=O) groups excluding carboxylic acids is 1. The average molecular weight is 264 g/mol. The van der Waals surface area contributed by atoms with Gasteiger partial charge in [0, 0.05) is 10.9 Å². The van der Waals surface area contributed by atoms with Crippen LogP contribution in [0.2, 0.25) is 0 Å². The second-order valence-electron chi connectivity index (χ2n) is 5.28. The Labute approximate surface area is 112 Å². The Morgan fingerprint density at radius 3 is 2.89 bits per heavy atom. The summed E-state index contributed by atoms with van der Waals surface area (Å²) in [5.74, 6) is 0.325. The van der Waals surface area contributed by atoms with Gasteiger partial charge in [-0.25, -0.2) is 0 Å². The van der Waals surface area contributed by atoms with Gasteiger partial charge in [-0.3, -0.25) is 4.79 Å². The van der Waals surface area contributed by atoms with Gasteiger partial charge in [-0.2, -0.15) is 0 Å². The van der Waals surface area contributed by atoms with Crippen molar-refractivity contribution in [2.75, 3.05) is 6.54 Å². The van der Waals surface area contributed by atoms with E-state index in [0.717, 1.165) is 19.5 Å². The quantitative estimate of drug-likeness (QED) is 0.905. The Morgan fingerprint density at radius 1 is 1.39 bits per heavy atom. The molecule has 1 aromatic heterocycles. The van der Waals surface area contributed by atoms with Crippen LogP contribution < -0.4 is 5.32 Å². The Balaban J connectivity index is 1.66. The Kier molecular flexibility index (Phi) is 3.66. The topological polar surface area (TPSA) is 32.3 Å². The molecule has 2 heterocycles. The van der Waals surface area contributed by atoms with Crippen LogP contribution in [0.3, 0.4) is 0 Å². The second kappa shape index (κ2) is 5.41. The van der Waals surface area contributed by atoms with E-state index in [2.05, 4.69) is 27.7 Å². The number of carbonyl (C=O) groups is 1. The largest absolute Gasteiger partial charge is 0.333 e. The zero-order chi connectivity index (χ0) is 12.4. The third kappa shape index (κ3) is 2.75. The zero-order valence-corrected chi connectivity index (χ0v) is 11.4. The maximum atomic E-state index is 12.6. The normalized spacial score (nSPS) is 23.9. The van der Waals surface area contributed by atoms with Crippen LogP contribution >= 0.6 is 11.3 Å². The number of amides is 1. The minimum absolute atomic E-state index is 0.0688. The van der Waals surface area contributed by atoms with Crippen LogP contribution in [0.15, 0.2) is 17.5 Å². The summed E-state index contributed by atoms with van der Waals surface area (Å²) in [6.45, 7) is 1.80. The third-order valence-corrected chi connectivity index (χ3v) is 4.65. The van der Waals surface area contributed by atoms with E-state index in [1.165, 1.54) is 30.6 Å². The van der Waals surface area contributed by atoms with Crippen LogP contribution in [0.4, 0.5) is 0 Å². The molecular weight excluding hydrogens is 244 g/mol. The summed E-state index contributed by atoms with van der Waals surface area (Å²) in [6.07, 6.45) is 5.76. The van der Waals surface area contributed by atoms with Crippen molar-refractivity contribution in [3.63, 3.8) is 0 Å². The molecule has 98 valence electrons. The van der Waals surface area contributed by atoms with Gasteiger partial charge in [-0.1, -0.05) is 12.5 Å². The van der Waals surface area contributed by atoms with Crippen molar-refractivity contribution in [2.45, 2.75) is 50.7 Å². The lowest BCUT2D eigenvalue weighted by Crippen LogP contribution is -2.49. The van der Waals surface area contributed by atoms with Crippen LogP contribution in [0, 0.1) is 0 Å². The van der Waals surface area contributed by atoms with E-state index < -0.39 is 0 Å². The summed E-state index contributed by atoms with van der Waals surface area (Å²) in [7, 11) is 0. The molecule has 0 spiro atoms. The van der Waals surface area contributed by atoms with Gasteiger partial charge in [-0.05, 0) is 43.7 Å². The lowest BCUT2D eigenvalue weighted by atomic mass is 10.0. The van der Waals surface area contributed by atoms with Gasteiger partial charge in [0.2, 0.25) is 5.91 Å². The van der Waals surface area contributed by atoms with Crippen molar-refractivity contribution < 1.29 is 4.79 Å².